The summed E-state index contributed by atoms with van der Waals surface area (Å²) in [6.45, 7) is 3.49. The molecule has 0 aromatic heterocycles. The molecule has 20 heavy (non-hydrogen) atoms. The first-order valence-electron chi connectivity index (χ1n) is 7.48. The highest BCUT2D eigenvalue weighted by Crippen LogP contribution is 2.27. The maximum absolute atomic E-state index is 6.06. The van der Waals surface area contributed by atoms with E-state index >= 15 is 0 Å². The van der Waals surface area contributed by atoms with Crippen LogP contribution in [0.3, 0.4) is 0 Å². The summed E-state index contributed by atoms with van der Waals surface area (Å²) in [4.78, 5) is 0. The van der Waals surface area contributed by atoms with Gasteiger partial charge < -0.3 is 19.9 Å². The Morgan fingerprint density at radius 3 is 3.05 bits per heavy atom. The molecular formula is C16H23NO3. The molecule has 110 valence electrons. The van der Waals surface area contributed by atoms with Gasteiger partial charge in [-0.25, -0.2) is 0 Å². The molecule has 0 spiro atoms. The van der Waals surface area contributed by atoms with E-state index < -0.39 is 0 Å². The molecule has 0 bridgehead atoms. The molecule has 0 saturated carbocycles. The summed E-state index contributed by atoms with van der Waals surface area (Å²) in [6.07, 6.45) is 3.97. The Bertz CT molecular complexity index is 455. The van der Waals surface area contributed by atoms with Gasteiger partial charge in [-0.1, -0.05) is 12.1 Å². The molecule has 1 aromatic carbocycles. The van der Waals surface area contributed by atoms with E-state index in [4.69, 9.17) is 19.9 Å². The Morgan fingerprint density at radius 1 is 1.30 bits per heavy atom. The minimum atomic E-state index is -0.266. The second kappa shape index (κ2) is 6.12. The Balaban J connectivity index is 1.54. The van der Waals surface area contributed by atoms with Crippen LogP contribution in [0.1, 0.15) is 24.0 Å². The Hall–Kier alpha value is -1.10. The maximum atomic E-state index is 6.06. The van der Waals surface area contributed by atoms with E-state index in [0.717, 1.165) is 44.6 Å². The molecule has 2 N–H and O–H groups in total. The van der Waals surface area contributed by atoms with Gasteiger partial charge in [0, 0.05) is 19.6 Å². The van der Waals surface area contributed by atoms with Crippen LogP contribution < -0.4 is 10.5 Å². The molecule has 4 nitrogen and oxygen atoms in total. The zero-order valence-electron chi connectivity index (χ0n) is 11.9. The van der Waals surface area contributed by atoms with E-state index in [2.05, 4.69) is 18.2 Å². The minimum Gasteiger partial charge on any atom is -0.493 e. The van der Waals surface area contributed by atoms with Crippen molar-refractivity contribution in [1.82, 2.24) is 0 Å². The van der Waals surface area contributed by atoms with Gasteiger partial charge in [0.1, 0.15) is 11.4 Å². The van der Waals surface area contributed by atoms with E-state index in [9.17, 15) is 0 Å². The number of hydrogen-bond acceptors (Lipinski definition) is 4. The van der Waals surface area contributed by atoms with Gasteiger partial charge in [-0.2, -0.15) is 0 Å². The highest BCUT2D eigenvalue weighted by atomic mass is 16.5. The van der Waals surface area contributed by atoms with Crippen molar-refractivity contribution in [2.24, 2.45) is 5.73 Å². The van der Waals surface area contributed by atoms with Crippen molar-refractivity contribution in [3.8, 4) is 5.75 Å². The number of ether oxygens (including phenoxy) is 3. The molecular weight excluding hydrogens is 254 g/mol. The summed E-state index contributed by atoms with van der Waals surface area (Å²) in [5.41, 5.74) is 8.22. The summed E-state index contributed by atoms with van der Waals surface area (Å²) in [7, 11) is 0. The third-order valence-corrected chi connectivity index (χ3v) is 4.21. The van der Waals surface area contributed by atoms with Crippen LogP contribution >= 0.6 is 0 Å². The second-order valence-corrected chi connectivity index (χ2v) is 5.68. The molecule has 2 aliphatic rings. The lowest BCUT2D eigenvalue weighted by Gasteiger charge is -2.35. The number of rotatable bonds is 5. The summed E-state index contributed by atoms with van der Waals surface area (Å²) >= 11 is 0. The van der Waals surface area contributed by atoms with Gasteiger partial charge in [0.15, 0.2) is 0 Å². The lowest BCUT2D eigenvalue weighted by molar-refractivity contribution is -0.122. The first-order chi connectivity index (χ1) is 9.81. The van der Waals surface area contributed by atoms with E-state index in [-0.39, 0.29) is 5.60 Å². The minimum absolute atomic E-state index is 0.266. The average molecular weight is 277 g/mol. The summed E-state index contributed by atoms with van der Waals surface area (Å²) in [6, 6.07) is 6.43. The van der Waals surface area contributed by atoms with Crippen molar-refractivity contribution >= 4 is 0 Å². The van der Waals surface area contributed by atoms with Crippen LogP contribution in [0.5, 0.6) is 5.75 Å². The molecule has 1 aromatic rings. The summed E-state index contributed by atoms with van der Waals surface area (Å²) in [5.74, 6) is 1.04. The molecule has 1 saturated heterocycles. The first-order valence-corrected chi connectivity index (χ1v) is 7.48. The van der Waals surface area contributed by atoms with Crippen molar-refractivity contribution in [3.05, 3.63) is 29.3 Å². The highest BCUT2D eigenvalue weighted by molar-refractivity contribution is 5.39. The van der Waals surface area contributed by atoms with Crippen LogP contribution in [0.4, 0.5) is 0 Å². The fourth-order valence-corrected chi connectivity index (χ4v) is 2.94. The third kappa shape index (κ3) is 2.97. The average Bonchev–Trinajstić information content (AvgIpc) is 2.96. The lowest BCUT2D eigenvalue weighted by atomic mass is 9.96. The molecule has 1 atom stereocenters. The number of fused-ring (bicyclic) bond motifs is 1. The second-order valence-electron chi connectivity index (χ2n) is 5.68. The van der Waals surface area contributed by atoms with Crippen LogP contribution in [-0.4, -0.2) is 38.6 Å². The smallest absolute Gasteiger partial charge is 0.122 e. The SMILES string of the molecule is NCC1(OCCc2ccc3c(c2)CCO3)CCCOC1. The fraction of sp³-hybridized carbons (Fsp3) is 0.625. The van der Waals surface area contributed by atoms with Gasteiger partial charge in [0.25, 0.3) is 0 Å². The Labute approximate surface area is 120 Å². The van der Waals surface area contributed by atoms with E-state index in [1.54, 1.807) is 0 Å². The van der Waals surface area contributed by atoms with Gasteiger partial charge in [-0.05, 0) is 36.5 Å². The van der Waals surface area contributed by atoms with E-state index in [1.807, 2.05) is 0 Å². The van der Waals surface area contributed by atoms with Crippen LogP contribution in [0, 0.1) is 0 Å². The van der Waals surface area contributed by atoms with Crippen molar-refractivity contribution in [2.45, 2.75) is 31.3 Å². The maximum Gasteiger partial charge on any atom is 0.122 e. The van der Waals surface area contributed by atoms with Gasteiger partial charge in [-0.15, -0.1) is 0 Å². The fourth-order valence-electron chi connectivity index (χ4n) is 2.94. The van der Waals surface area contributed by atoms with Gasteiger partial charge >= 0.3 is 0 Å². The molecule has 3 rings (SSSR count). The van der Waals surface area contributed by atoms with Crippen molar-refractivity contribution in [1.29, 1.82) is 0 Å². The molecule has 1 unspecified atom stereocenters. The monoisotopic (exact) mass is 277 g/mol. The van der Waals surface area contributed by atoms with Crippen molar-refractivity contribution in [2.75, 3.05) is 33.0 Å². The molecule has 2 aliphatic heterocycles. The first kappa shape index (κ1) is 13.9. The third-order valence-electron chi connectivity index (χ3n) is 4.21. The number of benzene rings is 1. The van der Waals surface area contributed by atoms with Crippen LogP contribution in [-0.2, 0) is 22.3 Å². The zero-order valence-corrected chi connectivity index (χ0v) is 11.9. The van der Waals surface area contributed by atoms with Crippen molar-refractivity contribution in [3.63, 3.8) is 0 Å². The predicted molar refractivity (Wildman–Crippen MR) is 77.1 cm³/mol. The van der Waals surface area contributed by atoms with Gasteiger partial charge in [0.05, 0.1) is 19.8 Å². The van der Waals surface area contributed by atoms with Crippen LogP contribution in [0.2, 0.25) is 0 Å². The molecule has 0 radical (unpaired) electrons. The quantitative estimate of drug-likeness (QED) is 0.890. The van der Waals surface area contributed by atoms with E-state index in [0.29, 0.717) is 19.8 Å². The van der Waals surface area contributed by atoms with E-state index in [1.165, 1.54) is 11.1 Å². The highest BCUT2D eigenvalue weighted by Gasteiger charge is 2.32. The predicted octanol–water partition coefficient (Wildman–Crippen LogP) is 1.69. The molecule has 0 amide bonds. The molecule has 1 fully saturated rings. The van der Waals surface area contributed by atoms with Gasteiger partial charge in [-0.3, -0.25) is 0 Å². The zero-order chi connectivity index (χ0) is 13.8. The largest absolute Gasteiger partial charge is 0.493 e. The topological polar surface area (TPSA) is 53.7 Å². The molecule has 4 heteroatoms. The number of nitrogens with two attached hydrogens (primary N) is 1. The summed E-state index contributed by atoms with van der Waals surface area (Å²) < 4.78 is 17.1. The van der Waals surface area contributed by atoms with Crippen LogP contribution in [0.25, 0.3) is 0 Å². The standard InChI is InChI=1S/C16H23NO3/c17-11-16(6-1-7-18-12-16)20-9-4-13-2-3-15-14(10-13)5-8-19-15/h2-3,10H,1,4-9,11-12,17H2. The lowest BCUT2D eigenvalue weighted by Crippen LogP contribution is -2.48. The van der Waals surface area contributed by atoms with Crippen molar-refractivity contribution < 1.29 is 14.2 Å². The number of hydrogen-bond donors (Lipinski definition) is 1. The normalized spacial score (nSPS) is 25.2. The summed E-state index contributed by atoms with van der Waals surface area (Å²) in [5, 5.41) is 0. The Kier molecular flexibility index (Phi) is 4.24. The van der Waals surface area contributed by atoms with Crippen LogP contribution in [0.15, 0.2) is 18.2 Å². The van der Waals surface area contributed by atoms with Gasteiger partial charge in [0.2, 0.25) is 0 Å². The molecule has 2 heterocycles. The Morgan fingerprint density at radius 2 is 2.25 bits per heavy atom. The molecule has 0 aliphatic carbocycles.